The van der Waals surface area contributed by atoms with E-state index in [2.05, 4.69) is 14.7 Å². The van der Waals surface area contributed by atoms with Gasteiger partial charge in [-0.3, -0.25) is 4.79 Å². The zero-order valence-electron chi connectivity index (χ0n) is 11.5. The van der Waals surface area contributed by atoms with Gasteiger partial charge in [-0.1, -0.05) is 36.3 Å². The highest BCUT2D eigenvalue weighted by Crippen LogP contribution is 2.53. The van der Waals surface area contributed by atoms with Crippen LogP contribution in [-0.2, 0) is 16.4 Å². The molecule has 1 heterocycles. The molecule has 2 aromatic rings. The number of carbonyl (C=O) groups is 1. The van der Waals surface area contributed by atoms with E-state index in [-0.39, 0.29) is 11.7 Å². The second-order valence-electron chi connectivity index (χ2n) is 5.44. The van der Waals surface area contributed by atoms with Crippen molar-refractivity contribution in [3.63, 3.8) is 0 Å². The first-order valence-corrected chi connectivity index (χ1v) is 6.57. The van der Waals surface area contributed by atoms with E-state index >= 15 is 0 Å². The average molecular weight is 311 g/mol. The minimum absolute atomic E-state index is 0.151. The van der Waals surface area contributed by atoms with Gasteiger partial charge in [0.25, 0.3) is 0 Å². The number of hydrogen-bond acceptors (Lipinski definition) is 4. The number of hydrogen-bond donors (Lipinski definition) is 1. The van der Waals surface area contributed by atoms with Gasteiger partial charge in [-0.15, -0.1) is 0 Å². The van der Waals surface area contributed by atoms with E-state index in [9.17, 15) is 18.0 Å². The fourth-order valence-corrected chi connectivity index (χ4v) is 2.68. The van der Waals surface area contributed by atoms with Crippen molar-refractivity contribution in [2.75, 3.05) is 0 Å². The first-order chi connectivity index (χ1) is 10.2. The smallest absolute Gasteiger partial charge is 0.369 e. The summed E-state index contributed by atoms with van der Waals surface area (Å²) in [6.45, 7) is 1.92. The highest BCUT2D eigenvalue weighted by Gasteiger charge is 2.57. The lowest BCUT2D eigenvalue weighted by Gasteiger charge is -2.12. The summed E-state index contributed by atoms with van der Waals surface area (Å²) in [5, 5.41) is 3.31. The van der Waals surface area contributed by atoms with Crippen molar-refractivity contribution in [3.05, 3.63) is 35.7 Å². The van der Waals surface area contributed by atoms with Crippen LogP contribution in [0, 0.1) is 5.92 Å². The number of benzene rings is 1. The molecule has 1 aliphatic rings. The third-order valence-corrected chi connectivity index (χ3v) is 4.08. The van der Waals surface area contributed by atoms with Crippen LogP contribution < -0.4 is 5.73 Å². The summed E-state index contributed by atoms with van der Waals surface area (Å²) in [5.74, 6) is -1.80. The highest BCUT2D eigenvalue weighted by atomic mass is 19.4. The van der Waals surface area contributed by atoms with Gasteiger partial charge >= 0.3 is 12.1 Å². The number of nitrogens with zero attached hydrogens (tertiary/aromatic N) is 2. The number of aromatic nitrogens is 2. The lowest BCUT2D eigenvalue weighted by Crippen LogP contribution is -2.30. The Morgan fingerprint density at radius 2 is 1.95 bits per heavy atom. The summed E-state index contributed by atoms with van der Waals surface area (Å²) < 4.78 is 41.5. The molecule has 1 fully saturated rings. The zero-order valence-corrected chi connectivity index (χ0v) is 11.5. The van der Waals surface area contributed by atoms with Gasteiger partial charge in [0, 0.05) is 5.56 Å². The molecule has 116 valence electrons. The summed E-state index contributed by atoms with van der Waals surface area (Å²) in [6.07, 6.45) is -4.01. The Morgan fingerprint density at radius 3 is 2.36 bits per heavy atom. The monoisotopic (exact) mass is 311 g/mol. The molecule has 0 radical (unpaired) electrons. The maximum absolute atomic E-state index is 12.4. The quantitative estimate of drug-likeness (QED) is 0.944. The maximum Gasteiger partial charge on any atom is 0.471 e. The average Bonchev–Trinajstić information content (AvgIpc) is 2.91. The molecule has 1 amide bonds. The van der Waals surface area contributed by atoms with Crippen molar-refractivity contribution in [3.8, 4) is 11.4 Å². The summed E-state index contributed by atoms with van der Waals surface area (Å²) in [5.41, 5.74) is 5.90. The number of halogens is 3. The molecule has 0 bridgehead atoms. The van der Waals surface area contributed by atoms with Crippen LogP contribution in [0.15, 0.2) is 28.8 Å². The van der Waals surface area contributed by atoms with Gasteiger partial charge in [-0.25, -0.2) is 0 Å². The number of alkyl halides is 3. The van der Waals surface area contributed by atoms with Gasteiger partial charge in [-0.2, -0.15) is 18.2 Å². The van der Waals surface area contributed by atoms with E-state index in [0.29, 0.717) is 12.0 Å². The molecular weight excluding hydrogens is 299 g/mol. The predicted octanol–water partition coefficient (Wildman–Crippen LogP) is 2.52. The van der Waals surface area contributed by atoms with Crippen LogP contribution in [0.25, 0.3) is 11.4 Å². The van der Waals surface area contributed by atoms with E-state index < -0.39 is 23.4 Å². The van der Waals surface area contributed by atoms with Crippen LogP contribution in [0.2, 0.25) is 0 Å². The maximum atomic E-state index is 12.4. The number of carbonyl (C=O) groups excluding carboxylic acids is 1. The van der Waals surface area contributed by atoms with Crippen LogP contribution >= 0.6 is 0 Å². The Labute approximate surface area is 123 Å². The molecule has 0 saturated heterocycles. The van der Waals surface area contributed by atoms with Crippen LogP contribution in [0.5, 0.6) is 0 Å². The van der Waals surface area contributed by atoms with Gasteiger partial charge in [0.1, 0.15) is 0 Å². The molecular formula is C14H12F3N3O2. The molecule has 3 rings (SSSR count). The minimum Gasteiger partial charge on any atom is -0.369 e. The Morgan fingerprint density at radius 1 is 1.36 bits per heavy atom. The minimum atomic E-state index is -4.68. The molecule has 22 heavy (non-hydrogen) atoms. The van der Waals surface area contributed by atoms with Crippen LogP contribution in [0.3, 0.4) is 0 Å². The lowest BCUT2D eigenvalue weighted by molar-refractivity contribution is -0.159. The Balaban J connectivity index is 1.89. The largest absolute Gasteiger partial charge is 0.471 e. The van der Waals surface area contributed by atoms with E-state index in [4.69, 9.17) is 5.73 Å². The summed E-state index contributed by atoms with van der Waals surface area (Å²) >= 11 is 0. The molecule has 0 aliphatic heterocycles. The fraction of sp³-hybridized carbons (Fsp3) is 0.357. The first kappa shape index (κ1) is 14.6. The normalized spacial score (nSPS) is 24.3. The van der Waals surface area contributed by atoms with Crippen molar-refractivity contribution in [1.29, 1.82) is 0 Å². The molecule has 0 spiro atoms. The second kappa shape index (κ2) is 4.56. The van der Waals surface area contributed by atoms with Crippen molar-refractivity contribution in [1.82, 2.24) is 10.1 Å². The van der Waals surface area contributed by atoms with Gasteiger partial charge in [0.15, 0.2) is 0 Å². The molecule has 5 nitrogen and oxygen atoms in total. The third kappa shape index (κ3) is 2.15. The summed E-state index contributed by atoms with van der Waals surface area (Å²) in [7, 11) is 0. The summed E-state index contributed by atoms with van der Waals surface area (Å²) in [4.78, 5) is 14.9. The van der Waals surface area contributed by atoms with E-state index in [1.807, 2.05) is 6.92 Å². The third-order valence-electron chi connectivity index (χ3n) is 4.08. The Hall–Kier alpha value is -2.38. The molecule has 2 N–H and O–H groups in total. The van der Waals surface area contributed by atoms with Crippen molar-refractivity contribution >= 4 is 5.91 Å². The predicted molar refractivity (Wildman–Crippen MR) is 69.4 cm³/mol. The van der Waals surface area contributed by atoms with Gasteiger partial charge < -0.3 is 10.3 Å². The van der Waals surface area contributed by atoms with Gasteiger partial charge in [0.05, 0.1) is 5.41 Å². The molecule has 2 unspecified atom stereocenters. The number of primary amides is 1. The van der Waals surface area contributed by atoms with Crippen LogP contribution in [0.1, 0.15) is 24.8 Å². The van der Waals surface area contributed by atoms with E-state index in [1.165, 1.54) is 0 Å². The molecule has 1 saturated carbocycles. The summed E-state index contributed by atoms with van der Waals surface area (Å²) in [6, 6.07) is 6.42. The molecule has 8 heteroatoms. The number of amides is 1. The van der Waals surface area contributed by atoms with E-state index in [1.54, 1.807) is 24.3 Å². The zero-order chi connectivity index (χ0) is 16.1. The SMILES string of the molecule is CC1CC1(C(N)=O)c1ccc(-c2noc(C(F)(F)F)n2)cc1. The van der Waals surface area contributed by atoms with Gasteiger partial charge in [-0.05, 0) is 17.9 Å². The topological polar surface area (TPSA) is 82.0 Å². The molecule has 1 aromatic heterocycles. The fourth-order valence-electron chi connectivity index (χ4n) is 2.68. The van der Waals surface area contributed by atoms with Crippen LogP contribution in [0.4, 0.5) is 13.2 Å². The van der Waals surface area contributed by atoms with Crippen molar-refractivity contribution in [2.45, 2.75) is 24.9 Å². The first-order valence-electron chi connectivity index (χ1n) is 6.57. The second-order valence-corrected chi connectivity index (χ2v) is 5.44. The van der Waals surface area contributed by atoms with Crippen LogP contribution in [-0.4, -0.2) is 16.0 Å². The Kier molecular flexibility index (Phi) is 3.01. The van der Waals surface area contributed by atoms with Crippen molar-refractivity contribution in [2.24, 2.45) is 11.7 Å². The number of rotatable bonds is 3. The molecule has 2 atom stereocenters. The molecule has 1 aromatic carbocycles. The number of nitrogens with two attached hydrogens (primary N) is 1. The van der Waals surface area contributed by atoms with Crippen molar-refractivity contribution < 1.29 is 22.5 Å². The Bertz CT molecular complexity index is 724. The standard InChI is InChI=1S/C14H12F3N3O2/c1-7-6-13(7,11(18)21)9-4-2-8(3-5-9)10-19-12(22-20-10)14(15,16)17/h2-5,7H,6H2,1H3,(H2,18,21). The highest BCUT2D eigenvalue weighted by molar-refractivity contribution is 5.90. The van der Waals surface area contributed by atoms with E-state index in [0.717, 1.165) is 5.56 Å². The van der Waals surface area contributed by atoms with Gasteiger partial charge in [0.2, 0.25) is 11.7 Å². The lowest BCUT2D eigenvalue weighted by atomic mass is 9.92. The molecule has 1 aliphatic carbocycles.